The Bertz CT molecular complexity index is 778. The van der Waals surface area contributed by atoms with Crippen molar-refractivity contribution in [1.29, 1.82) is 0 Å². The van der Waals surface area contributed by atoms with Crippen LogP contribution in [0.4, 0.5) is 11.4 Å². The van der Waals surface area contributed by atoms with Gasteiger partial charge in [0.05, 0.1) is 18.9 Å². The van der Waals surface area contributed by atoms with Crippen molar-refractivity contribution < 1.29 is 9.53 Å². The molecule has 4 N–H and O–H groups in total. The average Bonchev–Trinajstić information content (AvgIpc) is 3.11. The Labute approximate surface area is 163 Å². The number of piperidine rings is 1. The summed E-state index contributed by atoms with van der Waals surface area (Å²) in [5.74, 6) is -0.0672. The lowest BCUT2D eigenvalue weighted by Gasteiger charge is -2.28. The van der Waals surface area contributed by atoms with E-state index in [4.69, 9.17) is 10.5 Å². The van der Waals surface area contributed by atoms with Gasteiger partial charge in [-0.05, 0) is 43.1 Å². The van der Waals surface area contributed by atoms with Gasteiger partial charge in [0.15, 0.2) is 0 Å². The van der Waals surface area contributed by atoms with Crippen molar-refractivity contribution in [2.45, 2.75) is 18.9 Å². The second-order valence-electron chi connectivity index (χ2n) is 7.06. The molecule has 2 fully saturated rings. The maximum atomic E-state index is 12.6. The van der Waals surface area contributed by atoms with Gasteiger partial charge in [-0.3, -0.25) is 4.79 Å². The molecule has 1 atom stereocenters. The first-order valence-corrected chi connectivity index (χ1v) is 10.4. The second kappa shape index (κ2) is 8.29. The summed E-state index contributed by atoms with van der Waals surface area (Å²) in [6.45, 7) is 5.25. The van der Waals surface area contributed by atoms with Crippen LogP contribution < -0.4 is 21.3 Å². The predicted octanol–water partition coefficient (Wildman–Crippen LogP) is 2.32. The molecular weight excluding hydrogens is 360 g/mol. The van der Waals surface area contributed by atoms with E-state index in [-0.39, 0.29) is 11.9 Å². The molecule has 1 unspecified atom stereocenters. The third-order valence-corrected chi connectivity index (χ3v) is 6.33. The summed E-state index contributed by atoms with van der Waals surface area (Å²) >= 11 is 1.46. The molecule has 2 aliphatic rings. The number of carbonyl (C=O) groups is 1. The maximum Gasteiger partial charge on any atom is 0.263 e. The van der Waals surface area contributed by atoms with Gasteiger partial charge in [-0.15, -0.1) is 11.3 Å². The average molecular weight is 387 g/mol. The smallest absolute Gasteiger partial charge is 0.263 e. The van der Waals surface area contributed by atoms with Gasteiger partial charge in [0.2, 0.25) is 0 Å². The minimum absolute atomic E-state index is 0.0672. The molecule has 2 saturated heterocycles. The zero-order valence-corrected chi connectivity index (χ0v) is 16.2. The number of thiophene rings is 1. The summed E-state index contributed by atoms with van der Waals surface area (Å²) < 4.78 is 5.41. The Morgan fingerprint density at radius 3 is 2.74 bits per heavy atom. The van der Waals surface area contributed by atoms with Crippen molar-refractivity contribution in [2.75, 3.05) is 50.0 Å². The van der Waals surface area contributed by atoms with Crippen LogP contribution in [-0.2, 0) is 4.74 Å². The Morgan fingerprint density at radius 1 is 1.26 bits per heavy atom. The van der Waals surface area contributed by atoms with Crippen LogP contribution in [0.3, 0.4) is 0 Å². The first-order valence-electron chi connectivity index (χ1n) is 9.55. The van der Waals surface area contributed by atoms with Crippen LogP contribution in [0.5, 0.6) is 0 Å². The number of nitrogens with one attached hydrogen (secondary N) is 2. The number of benzene rings is 1. The number of hydrogen-bond acceptors (Lipinski definition) is 6. The lowest BCUT2D eigenvalue weighted by Crippen LogP contribution is -2.45. The normalized spacial score (nSPS) is 20.4. The van der Waals surface area contributed by atoms with E-state index < -0.39 is 0 Å². The fourth-order valence-corrected chi connectivity index (χ4v) is 4.60. The molecule has 0 spiro atoms. The van der Waals surface area contributed by atoms with Gasteiger partial charge >= 0.3 is 0 Å². The summed E-state index contributed by atoms with van der Waals surface area (Å²) in [4.78, 5) is 16.6. The van der Waals surface area contributed by atoms with Gasteiger partial charge in [-0.2, -0.15) is 0 Å². The number of morpholine rings is 1. The van der Waals surface area contributed by atoms with Gasteiger partial charge in [0.25, 0.3) is 5.91 Å². The van der Waals surface area contributed by atoms with Gasteiger partial charge in [-0.1, -0.05) is 12.1 Å². The van der Waals surface area contributed by atoms with Crippen LogP contribution in [0, 0.1) is 0 Å². The molecule has 0 aliphatic carbocycles. The summed E-state index contributed by atoms with van der Waals surface area (Å²) in [5, 5.41) is 6.42. The van der Waals surface area contributed by atoms with Crippen molar-refractivity contribution in [2.24, 2.45) is 0 Å². The molecule has 1 aromatic carbocycles. The number of carbonyl (C=O) groups excluding carboxylic acids is 1. The summed E-state index contributed by atoms with van der Waals surface area (Å²) in [7, 11) is 0. The van der Waals surface area contributed by atoms with E-state index >= 15 is 0 Å². The fourth-order valence-electron chi connectivity index (χ4n) is 3.61. The number of ether oxygens (including phenoxy) is 1. The third-order valence-electron chi connectivity index (χ3n) is 5.13. The van der Waals surface area contributed by atoms with Crippen LogP contribution in [0.2, 0.25) is 0 Å². The highest BCUT2D eigenvalue weighted by Gasteiger charge is 2.20. The molecule has 1 amide bonds. The van der Waals surface area contributed by atoms with Crippen LogP contribution in [0.15, 0.2) is 30.3 Å². The topological polar surface area (TPSA) is 79.6 Å². The number of nitrogen functional groups attached to an aromatic ring is 1. The van der Waals surface area contributed by atoms with Crippen LogP contribution >= 0.6 is 11.3 Å². The Kier molecular flexibility index (Phi) is 5.61. The van der Waals surface area contributed by atoms with Gasteiger partial charge < -0.3 is 26.0 Å². The molecule has 4 rings (SSSR count). The number of hydrogen-bond donors (Lipinski definition) is 3. The molecule has 1 aromatic heterocycles. The van der Waals surface area contributed by atoms with E-state index in [1.54, 1.807) is 0 Å². The monoisotopic (exact) mass is 386 g/mol. The first-order chi connectivity index (χ1) is 13.2. The molecule has 0 radical (unpaired) electrons. The van der Waals surface area contributed by atoms with E-state index in [1.165, 1.54) is 17.0 Å². The Balaban J connectivity index is 1.46. The van der Waals surface area contributed by atoms with Crippen molar-refractivity contribution in [3.8, 4) is 10.4 Å². The van der Waals surface area contributed by atoms with Crippen molar-refractivity contribution in [3.63, 3.8) is 0 Å². The lowest BCUT2D eigenvalue weighted by atomic mass is 10.1. The predicted molar refractivity (Wildman–Crippen MR) is 111 cm³/mol. The molecule has 2 aromatic rings. The molecular formula is C20H26N4O2S. The minimum Gasteiger partial charge on any atom is -0.397 e. The number of anilines is 2. The highest BCUT2D eigenvalue weighted by molar-refractivity contribution is 7.18. The van der Waals surface area contributed by atoms with Crippen molar-refractivity contribution in [1.82, 2.24) is 10.6 Å². The fraction of sp³-hybridized carbons (Fsp3) is 0.450. The molecule has 0 bridgehead atoms. The van der Waals surface area contributed by atoms with Crippen molar-refractivity contribution >= 4 is 28.6 Å². The zero-order chi connectivity index (χ0) is 18.6. The number of nitrogens with zero attached hydrogens (tertiary/aromatic N) is 1. The minimum atomic E-state index is -0.0672. The summed E-state index contributed by atoms with van der Waals surface area (Å²) in [6.07, 6.45) is 2.10. The van der Waals surface area contributed by atoms with E-state index in [2.05, 4.69) is 39.8 Å². The first kappa shape index (κ1) is 18.3. The van der Waals surface area contributed by atoms with E-state index in [0.29, 0.717) is 10.6 Å². The quantitative estimate of drug-likeness (QED) is 0.752. The van der Waals surface area contributed by atoms with Gasteiger partial charge in [-0.25, -0.2) is 0 Å². The van der Waals surface area contributed by atoms with Crippen LogP contribution in [0.25, 0.3) is 10.4 Å². The lowest BCUT2D eigenvalue weighted by molar-refractivity contribution is 0.0935. The van der Waals surface area contributed by atoms with E-state index in [1.807, 2.05) is 6.07 Å². The van der Waals surface area contributed by atoms with Crippen LogP contribution in [-0.4, -0.2) is 51.3 Å². The largest absolute Gasteiger partial charge is 0.397 e. The summed E-state index contributed by atoms with van der Waals surface area (Å²) in [5.41, 5.74) is 8.98. The molecule has 3 heterocycles. The van der Waals surface area contributed by atoms with E-state index in [9.17, 15) is 4.79 Å². The third kappa shape index (κ3) is 4.26. The Morgan fingerprint density at radius 2 is 2.04 bits per heavy atom. The van der Waals surface area contributed by atoms with E-state index in [0.717, 1.165) is 62.7 Å². The number of amides is 1. The van der Waals surface area contributed by atoms with Crippen molar-refractivity contribution in [3.05, 3.63) is 35.2 Å². The zero-order valence-electron chi connectivity index (χ0n) is 15.4. The standard InChI is InChI=1S/C20H26N4O2S/c21-17-12-18(27-19(17)20(25)23-15-2-1-7-22-13-15)14-3-5-16(6-4-14)24-8-10-26-11-9-24/h3-6,12,15,22H,1-2,7-11,13,21H2,(H,23,25). The number of rotatable bonds is 4. The molecule has 144 valence electrons. The summed E-state index contributed by atoms with van der Waals surface area (Å²) in [6, 6.07) is 10.5. The van der Waals surface area contributed by atoms with Crippen LogP contribution in [0.1, 0.15) is 22.5 Å². The second-order valence-corrected chi connectivity index (χ2v) is 8.11. The van der Waals surface area contributed by atoms with Gasteiger partial charge in [0.1, 0.15) is 4.88 Å². The molecule has 27 heavy (non-hydrogen) atoms. The molecule has 2 aliphatic heterocycles. The SMILES string of the molecule is Nc1cc(-c2ccc(N3CCOCC3)cc2)sc1C(=O)NC1CCCNC1. The van der Waals surface area contributed by atoms with Gasteiger partial charge in [0, 0.05) is 36.2 Å². The Hall–Kier alpha value is -2.09. The maximum absolute atomic E-state index is 12.6. The highest BCUT2D eigenvalue weighted by atomic mass is 32.1. The molecule has 0 saturated carbocycles. The molecule has 6 nitrogen and oxygen atoms in total. The highest BCUT2D eigenvalue weighted by Crippen LogP contribution is 2.34. The number of nitrogens with two attached hydrogens (primary N) is 1. The molecule has 7 heteroatoms.